The summed E-state index contributed by atoms with van der Waals surface area (Å²) < 4.78 is 24.4. The van der Waals surface area contributed by atoms with Gasteiger partial charge in [-0.1, -0.05) is 0 Å². The molecule has 0 bridgehead atoms. The Balaban J connectivity index is 2.94. The summed E-state index contributed by atoms with van der Waals surface area (Å²) in [4.78, 5) is 7.92. The van der Waals surface area contributed by atoms with Gasteiger partial charge in [0.05, 0.1) is 5.69 Å². The highest BCUT2D eigenvalue weighted by molar-refractivity contribution is 7.90. The molecule has 2 aromatic heterocycles. The van der Waals surface area contributed by atoms with Gasteiger partial charge in [0.1, 0.15) is 0 Å². The number of fused-ring (bicyclic) bond motifs is 1. The third kappa shape index (κ3) is 1.37. The van der Waals surface area contributed by atoms with Crippen molar-refractivity contribution in [1.29, 1.82) is 0 Å². The van der Waals surface area contributed by atoms with Gasteiger partial charge in [-0.3, -0.25) is 0 Å². The van der Waals surface area contributed by atoms with E-state index in [9.17, 15) is 8.42 Å². The number of nitrogens with zero attached hydrogens (tertiary/aromatic N) is 3. The highest BCUT2D eigenvalue weighted by Gasteiger charge is 2.15. The lowest BCUT2D eigenvalue weighted by Crippen LogP contribution is -2.05. The van der Waals surface area contributed by atoms with Gasteiger partial charge in [0, 0.05) is 24.8 Å². The summed E-state index contributed by atoms with van der Waals surface area (Å²) >= 11 is 0. The van der Waals surface area contributed by atoms with E-state index in [1.165, 1.54) is 0 Å². The fraction of sp³-hybridized carbons (Fsp3) is 0.250. The monoisotopic (exact) mass is 211 g/mol. The molecule has 0 radical (unpaired) electrons. The number of aromatic nitrogens is 3. The first-order valence-corrected chi connectivity index (χ1v) is 5.88. The number of hydrogen-bond acceptors (Lipinski definition) is 4. The van der Waals surface area contributed by atoms with Crippen LogP contribution in [0.4, 0.5) is 0 Å². The second kappa shape index (κ2) is 2.78. The normalized spacial score (nSPS) is 12.1. The summed E-state index contributed by atoms with van der Waals surface area (Å²) in [6.07, 6.45) is 6.10. The molecule has 0 aliphatic carbocycles. The molecule has 0 unspecified atom stereocenters. The summed E-state index contributed by atoms with van der Waals surface area (Å²) in [5.74, 6) is 0. The van der Waals surface area contributed by atoms with Gasteiger partial charge in [-0.15, -0.1) is 0 Å². The fourth-order valence-corrected chi connectivity index (χ4v) is 2.07. The van der Waals surface area contributed by atoms with E-state index >= 15 is 0 Å². The first-order chi connectivity index (χ1) is 6.48. The molecule has 14 heavy (non-hydrogen) atoms. The van der Waals surface area contributed by atoms with Gasteiger partial charge in [-0.05, 0) is 6.92 Å². The van der Waals surface area contributed by atoms with Gasteiger partial charge in [0.25, 0.3) is 0 Å². The van der Waals surface area contributed by atoms with E-state index in [2.05, 4.69) is 9.97 Å². The number of rotatable bonds is 1. The van der Waals surface area contributed by atoms with Crippen LogP contribution < -0.4 is 0 Å². The molecule has 0 fully saturated rings. The SMILES string of the molecule is Cc1cn2ccnc2c(S(C)(=O)=O)n1. The van der Waals surface area contributed by atoms with Crippen LogP contribution in [0.25, 0.3) is 5.65 Å². The molecule has 0 spiro atoms. The lowest BCUT2D eigenvalue weighted by atomic mass is 10.5. The predicted molar refractivity (Wildman–Crippen MR) is 50.8 cm³/mol. The van der Waals surface area contributed by atoms with E-state index < -0.39 is 9.84 Å². The molecule has 0 atom stereocenters. The number of aryl methyl sites for hydroxylation is 1. The molecule has 6 heteroatoms. The Hall–Kier alpha value is -1.43. The summed E-state index contributed by atoms with van der Waals surface area (Å²) in [7, 11) is -3.32. The van der Waals surface area contributed by atoms with Gasteiger partial charge in [-0.25, -0.2) is 18.4 Å². The summed E-state index contributed by atoms with van der Waals surface area (Å²) in [5, 5.41) is 0.0301. The van der Waals surface area contributed by atoms with Gasteiger partial charge < -0.3 is 4.40 Å². The van der Waals surface area contributed by atoms with Crippen molar-refractivity contribution in [3.63, 3.8) is 0 Å². The fourth-order valence-electron chi connectivity index (χ4n) is 1.27. The first-order valence-electron chi connectivity index (χ1n) is 3.99. The Kier molecular flexibility index (Phi) is 1.81. The van der Waals surface area contributed by atoms with Crippen LogP contribution in [0.5, 0.6) is 0 Å². The lowest BCUT2D eigenvalue weighted by molar-refractivity contribution is 0.598. The minimum Gasteiger partial charge on any atom is -0.303 e. The molecular weight excluding hydrogens is 202 g/mol. The number of hydrogen-bond donors (Lipinski definition) is 0. The van der Waals surface area contributed by atoms with E-state index in [1.54, 1.807) is 29.9 Å². The van der Waals surface area contributed by atoms with Gasteiger partial charge >= 0.3 is 0 Å². The molecule has 0 aliphatic rings. The largest absolute Gasteiger partial charge is 0.303 e. The molecule has 0 aliphatic heterocycles. The lowest BCUT2D eigenvalue weighted by Gasteiger charge is -2.01. The Labute approximate surface area is 81.3 Å². The van der Waals surface area contributed by atoms with E-state index in [4.69, 9.17) is 0 Å². The molecule has 0 saturated carbocycles. The topological polar surface area (TPSA) is 64.3 Å². The zero-order valence-electron chi connectivity index (χ0n) is 7.80. The quantitative estimate of drug-likeness (QED) is 0.686. The Bertz CT molecular complexity index is 586. The van der Waals surface area contributed by atoms with Crippen molar-refractivity contribution < 1.29 is 8.42 Å². The standard InChI is InChI=1S/C8H9N3O2S/c1-6-5-11-4-3-9-7(11)8(10-6)14(2,12)13/h3-5H,1-2H3. The smallest absolute Gasteiger partial charge is 0.198 e. The number of sulfone groups is 1. The molecule has 2 heterocycles. The second-order valence-electron chi connectivity index (χ2n) is 3.12. The number of imidazole rings is 1. The molecule has 5 nitrogen and oxygen atoms in total. The van der Waals surface area contributed by atoms with E-state index in [0.717, 1.165) is 6.26 Å². The highest BCUT2D eigenvalue weighted by Crippen LogP contribution is 2.13. The minimum absolute atomic E-state index is 0.0301. The maximum Gasteiger partial charge on any atom is 0.198 e. The van der Waals surface area contributed by atoms with Crippen LogP contribution in [-0.2, 0) is 9.84 Å². The van der Waals surface area contributed by atoms with Crippen molar-refractivity contribution in [2.75, 3.05) is 6.26 Å². The van der Waals surface area contributed by atoms with Crippen LogP contribution in [0.1, 0.15) is 5.69 Å². The summed E-state index contributed by atoms with van der Waals surface area (Å²) in [5.41, 5.74) is 1.02. The van der Waals surface area contributed by atoms with Crippen LogP contribution in [0.2, 0.25) is 0 Å². The van der Waals surface area contributed by atoms with Crippen LogP contribution in [0.3, 0.4) is 0 Å². The van der Waals surface area contributed by atoms with Gasteiger partial charge in [0.15, 0.2) is 20.5 Å². The zero-order chi connectivity index (χ0) is 10.3. The molecular formula is C8H9N3O2S. The predicted octanol–water partition coefficient (Wildman–Crippen LogP) is 0.441. The Morgan fingerprint density at radius 3 is 2.79 bits per heavy atom. The van der Waals surface area contributed by atoms with Crippen molar-refractivity contribution in [1.82, 2.24) is 14.4 Å². The van der Waals surface area contributed by atoms with Crippen molar-refractivity contribution in [2.45, 2.75) is 11.9 Å². The van der Waals surface area contributed by atoms with Gasteiger partial charge in [-0.2, -0.15) is 0 Å². The highest BCUT2D eigenvalue weighted by atomic mass is 32.2. The molecule has 2 rings (SSSR count). The second-order valence-corrected chi connectivity index (χ2v) is 5.05. The first kappa shape index (κ1) is 9.14. The third-order valence-electron chi connectivity index (χ3n) is 1.81. The van der Waals surface area contributed by atoms with Crippen molar-refractivity contribution in [3.8, 4) is 0 Å². The van der Waals surface area contributed by atoms with Crippen LogP contribution in [0, 0.1) is 6.92 Å². The average molecular weight is 211 g/mol. The Morgan fingerprint density at radius 1 is 1.43 bits per heavy atom. The van der Waals surface area contributed by atoms with E-state index in [0.29, 0.717) is 11.3 Å². The maximum absolute atomic E-state index is 11.4. The molecule has 0 N–H and O–H groups in total. The minimum atomic E-state index is -3.32. The Morgan fingerprint density at radius 2 is 2.14 bits per heavy atom. The molecule has 0 amide bonds. The van der Waals surface area contributed by atoms with Crippen LogP contribution >= 0.6 is 0 Å². The molecule has 0 saturated heterocycles. The molecule has 2 aromatic rings. The maximum atomic E-state index is 11.4. The summed E-state index contributed by atoms with van der Waals surface area (Å²) in [6.45, 7) is 1.74. The average Bonchev–Trinajstić information content (AvgIpc) is 2.47. The van der Waals surface area contributed by atoms with Crippen molar-refractivity contribution in [2.24, 2.45) is 0 Å². The molecule has 74 valence electrons. The van der Waals surface area contributed by atoms with Crippen LogP contribution in [0.15, 0.2) is 23.6 Å². The third-order valence-corrected chi connectivity index (χ3v) is 2.79. The van der Waals surface area contributed by atoms with E-state index in [-0.39, 0.29) is 5.03 Å². The van der Waals surface area contributed by atoms with Gasteiger partial charge in [0.2, 0.25) is 0 Å². The summed E-state index contributed by atoms with van der Waals surface area (Å²) in [6, 6.07) is 0. The van der Waals surface area contributed by atoms with E-state index in [1.807, 2.05) is 0 Å². The van der Waals surface area contributed by atoms with Crippen molar-refractivity contribution in [3.05, 3.63) is 24.3 Å². The van der Waals surface area contributed by atoms with Crippen molar-refractivity contribution >= 4 is 15.5 Å². The zero-order valence-corrected chi connectivity index (χ0v) is 8.61. The molecule has 0 aromatic carbocycles. The van der Waals surface area contributed by atoms with Crippen LogP contribution in [-0.4, -0.2) is 29.0 Å².